The van der Waals surface area contributed by atoms with E-state index in [1.807, 2.05) is 30.4 Å². The van der Waals surface area contributed by atoms with E-state index in [-0.39, 0.29) is 22.8 Å². The van der Waals surface area contributed by atoms with Crippen LogP contribution in [0.15, 0.2) is 36.4 Å². The van der Waals surface area contributed by atoms with Gasteiger partial charge in [0.15, 0.2) is 0 Å². The molecule has 4 rings (SSSR count). The molecule has 2 aliphatic heterocycles. The number of carboxylic acid groups (broad SMARTS) is 1. The van der Waals surface area contributed by atoms with Crippen LogP contribution in [0.4, 0.5) is 13.2 Å². The van der Waals surface area contributed by atoms with Gasteiger partial charge >= 0.3 is 12.1 Å². The second-order valence-corrected chi connectivity index (χ2v) is 8.44. The minimum absolute atomic E-state index is 0.0910. The summed E-state index contributed by atoms with van der Waals surface area (Å²) in [7, 11) is 0. The van der Waals surface area contributed by atoms with Crippen LogP contribution < -0.4 is 20.7 Å². The first-order chi connectivity index (χ1) is 15.6. The number of para-hydroxylation sites is 1. The number of hydrogen-bond donors (Lipinski definition) is 4. The van der Waals surface area contributed by atoms with Crippen LogP contribution in [-0.4, -0.2) is 60.8 Å². The maximum absolute atomic E-state index is 12.9. The molecule has 1 saturated heterocycles. The highest BCUT2D eigenvalue weighted by Crippen LogP contribution is 2.35. The molecule has 8 nitrogen and oxygen atoms in total. The van der Waals surface area contributed by atoms with Gasteiger partial charge in [0.2, 0.25) is 5.91 Å². The molecule has 1 saturated carbocycles. The van der Waals surface area contributed by atoms with Crippen molar-refractivity contribution >= 4 is 17.8 Å². The number of carbonyl (C=O) groups is 3. The van der Waals surface area contributed by atoms with Gasteiger partial charge in [-0.05, 0) is 37.8 Å². The maximum atomic E-state index is 12.9. The molecule has 1 aliphatic carbocycles. The number of halogens is 3. The number of hydrogen-bond acceptors (Lipinski definition) is 5. The standard InChI is InChI=1S/C20H25N3O3.C2HF3O2/c24-17-15-6-1-2-7-16(15)26-11-4-3-8-19(12-21-13-19)18(25)23-20(14-22-17)9-5-10-20;3-2(4,5)1(6)7/h1-4,6-7,21H,5,8-14H2,(H,22,24)(H,23,25);(H,6,7)/b4-3+;. The van der Waals surface area contributed by atoms with Crippen LogP contribution in [0.25, 0.3) is 0 Å². The van der Waals surface area contributed by atoms with E-state index in [9.17, 15) is 22.8 Å². The summed E-state index contributed by atoms with van der Waals surface area (Å²) in [5.41, 5.74) is -0.178. The van der Waals surface area contributed by atoms with Gasteiger partial charge in [-0.15, -0.1) is 0 Å². The third-order valence-electron chi connectivity index (χ3n) is 6.07. The average molecular weight is 469 g/mol. The molecule has 0 aromatic heterocycles. The van der Waals surface area contributed by atoms with Crippen LogP contribution in [0.2, 0.25) is 0 Å². The van der Waals surface area contributed by atoms with Crippen LogP contribution in [0.1, 0.15) is 36.0 Å². The molecule has 2 spiro atoms. The van der Waals surface area contributed by atoms with Crippen molar-refractivity contribution in [3.63, 3.8) is 0 Å². The Balaban J connectivity index is 0.000000383. The lowest BCUT2D eigenvalue weighted by molar-refractivity contribution is -0.192. The number of fused-ring (bicyclic) bond motifs is 1. The zero-order valence-electron chi connectivity index (χ0n) is 17.8. The first-order valence-electron chi connectivity index (χ1n) is 10.6. The Morgan fingerprint density at radius 3 is 2.27 bits per heavy atom. The summed E-state index contributed by atoms with van der Waals surface area (Å²) in [5.74, 6) is -2.25. The van der Waals surface area contributed by atoms with Crippen molar-refractivity contribution in [2.45, 2.75) is 37.4 Å². The second-order valence-electron chi connectivity index (χ2n) is 8.44. The zero-order chi connectivity index (χ0) is 24.1. The summed E-state index contributed by atoms with van der Waals surface area (Å²) >= 11 is 0. The number of alkyl halides is 3. The topological polar surface area (TPSA) is 117 Å². The molecule has 0 radical (unpaired) electrons. The SMILES string of the molecule is O=C(O)C(F)(F)F.O=C1NCC2(CCC2)NC(=O)C2(C/C=C/COc3ccccc31)CNC2. The van der Waals surface area contributed by atoms with Crippen molar-refractivity contribution in [1.29, 1.82) is 0 Å². The smallest absolute Gasteiger partial charge is 0.489 e. The van der Waals surface area contributed by atoms with Gasteiger partial charge in [0.1, 0.15) is 12.4 Å². The Morgan fingerprint density at radius 1 is 1.06 bits per heavy atom. The fourth-order valence-corrected chi connectivity index (χ4v) is 3.79. The van der Waals surface area contributed by atoms with E-state index >= 15 is 0 Å². The second kappa shape index (κ2) is 9.82. The Hall–Kier alpha value is -3.08. The van der Waals surface area contributed by atoms with E-state index in [0.717, 1.165) is 19.3 Å². The van der Waals surface area contributed by atoms with Crippen molar-refractivity contribution in [3.05, 3.63) is 42.0 Å². The van der Waals surface area contributed by atoms with E-state index in [0.29, 0.717) is 44.0 Å². The summed E-state index contributed by atoms with van der Waals surface area (Å²) in [6.45, 7) is 2.20. The highest BCUT2D eigenvalue weighted by Gasteiger charge is 2.48. The van der Waals surface area contributed by atoms with Crippen LogP contribution in [0, 0.1) is 5.41 Å². The number of carbonyl (C=O) groups excluding carboxylic acids is 2. The molecule has 2 amide bonds. The number of nitrogens with one attached hydrogen (secondary N) is 3. The molecular weight excluding hydrogens is 443 g/mol. The summed E-state index contributed by atoms with van der Waals surface area (Å²) in [5, 5.41) is 16.6. The Morgan fingerprint density at radius 2 is 1.73 bits per heavy atom. The molecule has 180 valence electrons. The Kier molecular flexibility index (Phi) is 7.31. The largest absolute Gasteiger partial charge is 0.490 e. The predicted octanol–water partition coefficient (Wildman–Crippen LogP) is 2.02. The van der Waals surface area contributed by atoms with Crippen molar-refractivity contribution in [1.82, 2.24) is 16.0 Å². The minimum atomic E-state index is -5.08. The van der Waals surface area contributed by atoms with Crippen molar-refractivity contribution in [3.8, 4) is 5.75 Å². The molecular formula is C22H26F3N3O5. The summed E-state index contributed by atoms with van der Waals surface area (Å²) in [6.07, 6.45) is 2.42. The molecule has 1 aromatic rings. The lowest BCUT2D eigenvalue weighted by Crippen LogP contribution is -2.68. The molecule has 2 heterocycles. The normalized spacial score (nSPS) is 22.5. The van der Waals surface area contributed by atoms with E-state index < -0.39 is 12.1 Å². The fraction of sp³-hybridized carbons (Fsp3) is 0.500. The first-order valence-corrected chi connectivity index (χ1v) is 10.6. The van der Waals surface area contributed by atoms with Gasteiger partial charge in [-0.1, -0.05) is 24.3 Å². The molecule has 0 atom stereocenters. The van der Waals surface area contributed by atoms with E-state index in [2.05, 4.69) is 16.0 Å². The maximum Gasteiger partial charge on any atom is 0.490 e. The molecule has 0 bridgehead atoms. The third kappa shape index (κ3) is 5.84. The van der Waals surface area contributed by atoms with Crippen LogP contribution in [0.3, 0.4) is 0 Å². The average Bonchev–Trinajstić information content (AvgIpc) is 2.70. The molecule has 2 fully saturated rings. The molecule has 33 heavy (non-hydrogen) atoms. The van der Waals surface area contributed by atoms with Crippen molar-refractivity contribution < 1.29 is 37.4 Å². The molecule has 11 heteroatoms. The van der Waals surface area contributed by atoms with Crippen LogP contribution in [-0.2, 0) is 9.59 Å². The summed E-state index contributed by atoms with van der Waals surface area (Å²) in [6, 6.07) is 7.27. The highest BCUT2D eigenvalue weighted by atomic mass is 19.4. The van der Waals surface area contributed by atoms with Gasteiger partial charge in [0.05, 0.1) is 16.5 Å². The van der Waals surface area contributed by atoms with E-state index in [1.165, 1.54) is 0 Å². The summed E-state index contributed by atoms with van der Waals surface area (Å²) < 4.78 is 37.5. The Labute approximate surface area is 188 Å². The van der Waals surface area contributed by atoms with Crippen molar-refractivity contribution in [2.24, 2.45) is 5.41 Å². The number of allylic oxidation sites excluding steroid dienone is 1. The third-order valence-corrected chi connectivity index (χ3v) is 6.07. The number of ether oxygens (including phenoxy) is 1. The lowest BCUT2D eigenvalue weighted by atomic mass is 9.73. The van der Waals surface area contributed by atoms with Gasteiger partial charge < -0.3 is 25.8 Å². The zero-order valence-corrected chi connectivity index (χ0v) is 17.8. The number of rotatable bonds is 0. The number of carboxylic acids is 1. The van der Waals surface area contributed by atoms with E-state index in [1.54, 1.807) is 6.07 Å². The summed E-state index contributed by atoms with van der Waals surface area (Å²) in [4.78, 5) is 34.5. The fourth-order valence-electron chi connectivity index (χ4n) is 3.79. The number of aliphatic carboxylic acids is 1. The van der Waals surface area contributed by atoms with Gasteiger partial charge in [-0.2, -0.15) is 13.2 Å². The highest BCUT2D eigenvalue weighted by molar-refractivity contribution is 5.97. The number of amides is 2. The minimum Gasteiger partial charge on any atom is -0.489 e. The van der Waals surface area contributed by atoms with Gasteiger partial charge in [0, 0.05) is 19.6 Å². The van der Waals surface area contributed by atoms with Gasteiger partial charge in [-0.3, -0.25) is 9.59 Å². The Bertz CT molecular complexity index is 924. The number of benzene rings is 1. The van der Waals surface area contributed by atoms with Crippen LogP contribution in [0.5, 0.6) is 5.75 Å². The molecule has 3 aliphatic rings. The quantitative estimate of drug-likeness (QED) is 0.432. The predicted molar refractivity (Wildman–Crippen MR) is 112 cm³/mol. The van der Waals surface area contributed by atoms with Crippen molar-refractivity contribution in [2.75, 3.05) is 26.2 Å². The first kappa shape index (κ1) is 24.6. The van der Waals surface area contributed by atoms with Crippen LogP contribution >= 0.6 is 0 Å². The van der Waals surface area contributed by atoms with Gasteiger partial charge in [0.25, 0.3) is 5.91 Å². The van der Waals surface area contributed by atoms with E-state index in [4.69, 9.17) is 14.6 Å². The monoisotopic (exact) mass is 469 g/mol. The lowest BCUT2D eigenvalue weighted by Gasteiger charge is -2.48. The molecule has 0 unspecified atom stereocenters. The molecule has 1 aromatic carbocycles. The van der Waals surface area contributed by atoms with Gasteiger partial charge in [-0.25, -0.2) is 4.79 Å². The molecule has 4 N–H and O–H groups in total.